The minimum atomic E-state index is -0.349. The molecule has 1 aromatic heterocycles. The molecule has 1 aliphatic heterocycles. The van der Waals surface area contributed by atoms with E-state index in [1.54, 1.807) is 29.4 Å². The summed E-state index contributed by atoms with van der Waals surface area (Å²) in [4.78, 5) is 25.6. The normalized spacial score (nSPS) is 34.2. The molecule has 1 spiro atoms. The summed E-state index contributed by atoms with van der Waals surface area (Å²) >= 11 is 1.70. The SMILES string of the molecule is Cc1cn([C@H]2CC[C@]3(CCC[C@@H]3O)S2)c(=O)[nH]c1=O. The second-order valence-electron chi connectivity index (χ2n) is 5.56. The van der Waals surface area contributed by atoms with Crippen molar-refractivity contribution < 1.29 is 5.11 Å². The first-order valence-corrected chi connectivity index (χ1v) is 7.58. The standard InChI is InChI=1S/C13H18N2O3S/c1-8-7-15(12(18)14-11(8)17)10-4-6-13(19-10)5-2-3-9(13)16/h7,9-10,16H,2-6H2,1H3,(H,14,17,18)/t9-,10+,13-/m0/s1. The number of hydrogen-bond donors (Lipinski definition) is 2. The molecule has 2 fully saturated rings. The number of nitrogens with zero attached hydrogens (tertiary/aromatic N) is 1. The lowest BCUT2D eigenvalue weighted by Gasteiger charge is -2.27. The summed E-state index contributed by atoms with van der Waals surface area (Å²) in [6.07, 6.45) is 6.12. The maximum atomic E-state index is 11.9. The van der Waals surface area contributed by atoms with E-state index in [1.807, 2.05) is 0 Å². The molecule has 3 rings (SSSR count). The van der Waals surface area contributed by atoms with Gasteiger partial charge < -0.3 is 5.11 Å². The van der Waals surface area contributed by atoms with Gasteiger partial charge in [0, 0.05) is 16.5 Å². The van der Waals surface area contributed by atoms with Gasteiger partial charge in [0.1, 0.15) is 0 Å². The first kappa shape index (κ1) is 13.0. The van der Waals surface area contributed by atoms with Crippen LogP contribution >= 0.6 is 11.8 Å². The average molecular weight is 282 g/mol. The monoisotopic (exact) mass is 282 g/mol. The lowest BCUT2D eigenvalue weighted by molar-refractivity contribution is 0.148. The van der Waals surface area contributed by atoms with Crippen LogP contribution in [-0.2, 0) is 0 Å². The maximum Gasteiger partial charge on any atom is 0.329 e. The number of hydrogen-bond acceptors (Lipinski definition) is 4. The molecule has 5 nitrogen and oxygen atoms in total. The van der Waals surface area contributed by atoms with Crippen LogP contribution in [0.5, 0.6) is 0 Å². The Morgan fingerprint density at radius 2 is 2.21 bits per heavy atom. The van der Waals surface area contributed by atoms with Crippen LogP contribution in [0.4, 0.5) is 0 Å². The molecule has 0 unspecified atom stereocenters. The summed E-state index contributed by atoms with van der Waals surface area (Å²) in [6.45, 7) is 1.70. The molecule has 1 aromatic rings. The fourth-order valence-electron chi connectivity index (χ4n) is 3.21. The molecule has 1 saturated heterocycles. The van der Waals surface area contributed by atoms with Crippen molar-refractivity contribution >= 4 is 11.8 Å². The third-order valence-electron chi connectivity index (χ3n) is 4.33. The van der Waals surface area contributed by atoms with E-state index >= 15 is 0 Å². The predicted molar refractivity (Wildman–Crippen MR) is 74.5 cm³/mol. The number of nitrogens with one attached hydrogen (secondary N) is 1. The van der Waals surface area contributed by atoms with E-state index in [9.17, 15) is 14.7 Å². The molecular weight excluding hydrogens is 264 g/mol. The Hall–Kier alpha value is -1.01. The third kappa shape index (κ3) is 2.07. The van der Waals surface area contributed by atoms with Gasteiger partial charge in [-0.2, -0.15) is 0 Å². The first-order chi connectivity index (χ1) is 9.02. The second-order valence-corrected chi connectivity index (χ2v) is 7.16. The highest BCUT2D eigenvalue weighted by atomic mass is 32.2. The smallest absolute Gasteiger partial charge is 0.329 e. The topological polar surface area (TPSA) is 75.1 Å². The van der Waals surface area contributed by atoms with Crippen LogP contribution < -0.4 is 11.2 Å². The number of aromatic nitrogens is 2. The van der Waals surface area contributed by atoms with Gasteiger partial charge >= 0.3 is 5.69 Å². The van der Waals surface area contributed by atoms with E-state index < -0.39 is 0 Å². The van der Waals surface area contributed by atoms with Crippen LogP contribution in [0.2, 0.25) is 0 Å². The second kappa shape index (κ2) is 4.52. The summed E-state index contributed by atoms with van der Waals surface area (Å²) in [6, 6.07) is 0. The molecule has 2 aliphatic rings. The van der Waals surface area contributed by atoms with Crippen molar-refractivity contribution in [3.63, 3.8) is 0 Å². The van der Waals surface area contributed by atoms with E-state index in [-0.39, 0.29) is 27.5 Å². The number of aryl methyl sites for hydroxylation is 1. The summed E-state index contributed by atoms with van der Waals surface area (Å²) < 4.78 is 1.54. The largest absolute Gasteiger partial charge is 0.392 e. The molecule has 0 radical (unpaired) electrons. The van der Waals surface area contributed by atoms with E-state index in [2.05, 4.69) is 4.98 Å². The maximum absolute atomic E-state index is 11.9. The highest BCUT2D eigenvalue weighted by molar-refractivity contribution is 8.01. The fraction of sp³-hybridized carbons (Fsp3) is 0.692. The van der Waals surface area contributed by atoms with Gasteiger partial charge in [0.05, 0.1) is 11.5 Å². The van der Waals surface area contributed by atoms with Gasteiger partial charge in [-0.05, 0) is 39.0 Å². The van der Waals surface area contributed by atoms with Crippen molar-refractivity contribution in [3.8, 4) is 0 Å². The Morgan fingerprint density at radius 3 is 2.89 bits per heavy atom. The molecule has 0 amide bonds. The fourth-order valence-corrected chi connectivity index (χ4v) is 5.03. The van der Waals surface area contributed by atoms with Gasteiger partial charge in [-0.15, -0.1) is 11.8 Å². The van der Waals surface area contributed by atoms with Crippen molar-refractivity contribution in [2.75, 3.05) is 0 Å². The Balaban J connectivity index is 1.91. The Bertz CT molecular complexity index is 609. The minimum Gasteiger partial charge on any atom is -0.392 e. The minimum absolute atomic E-state index is 0.0239. The van der Waals surface area contributed by atoms with Crippen LogP contribution in [0.3, 0.4) is 0 Å². The summed E-state index contributed by atoms with van der Waals surface area (Å²) in [5.41, 5.74) is -0.120. The molecule has 1 saturated carbocycles. The Kier molecular flexibility index (Phi) is 3.09. The molecule has 2 N–H and O–H groups in total. The third-order valence-corrected chi connectivity index (χ3v) is 6.21. The van der Waals surface area contributed by atoms with E-state index in [1.165, 1.54) is 0 Å². The highest BCUT2D eigenvalue weighted by Gasteiger charge is 2.48. The zero-order valence-electron chi connectivity index (χ0n) is 10.9. The highest BCUT2D eigenvalue weighted by Crippen LogP contribution is 2.56. The number of H-pyrrole nitrogens is 1. The average Bonchev–Trinajstić information content (AvgIpc) is 2.94. The number of rotatable bonds is 1. The van der Waals surface area contributed by atoms with Gasteiger partial charge in [-0.25, -0.2) is 4.79 Å². The molecule has 6 heteroatoms. The van der Waals surface area contributed by atoms with E-state index in [0.29, 0.717) is 5.56 Å². The van der Waals surface area contributed by atoms with Crippen LogP contribution in [0.1, 0.15) is 43.0 Å². The van der Waals surface area contributed by atoms with Crippen LogP contribution in [0.15, 0.2) is 15.8 Å². The summed E-state index contributed by atoms with van der Waals surface area (Å²) in [7, 11) is 0. The molecule has 0 bridgehead atoms. The predicted octanol–water partition coefficient (Wildman–Crippen LogP) is 1.15. The van der Waals surface area contributed by atoms with Crippen molar-refractivity contribution in [2.45, 2.75) is 55.3 Å². The van der Waals surface area contributed by atoms with Crippen LogP contribution in [0.25, 0.3) is 0 Å². The van der Waals surface area contributed by atoms with Gasteiger partial charge in [-0.3, -0.25) is 14.3 Å². The van der Waals surface area contributed by atoms with Crippen molar-refractivity contribution in [1.82, 2.24) is 9.55 Å². The van der Waals surface area contributed by atoms with E-state index in [0.717, 1.165) is 32.1 Å². The van der Waals surface area contributed by atoms with Gasteiger partial charge in [0.15, 0.2) is 0 Å². The molecule has 1 aliphatic carbocycles. The molecule has 0 aromatic carbocycles. The number of aliphatic hydroxyl groups is 1. The quantitative estimate of drug-likeness (QED) is 0.810. The van der Waals surface area contributed by atoms with Crippen molar-refractivity contribution in [1.29, 1.82) is 0 Å². The van der Waals surface area contributed by atoms with E-state index in [4.69, 9.17) is 0 Å². The molecule has 19 heavy (non-hydrogen) atoms. The number of aromatic amines is 1. The molecular formula is C13H18N2O3S. The Morgan fingerprint density at radius 1 is 1.42 bits per heavy atom. The lowest BCUT2D eigenvalue weighted by atomic mass is 9.99. The van der Waals surface area contributed by atoms with Crippen LogP contribution in [-0.4, -0.2) is 25.5 Å². The summed E-state index contributed by atoms with van der Waals surface area (Å²) in [5.74, 6) is 0. The van der Waals surface area contributed by atoms with Crippen LogP contribution in [0, 0.1) is 6.92 Å². The zero-order chi connectivity index (χ0) is 13.6. The molecule has 104 valence electrons. The van der Waals surface area contributed by atoms with Crippen molar-refractivity contribution in [2.24, 2.45) is 0 Å². The molecule has 2 heterocycles. The summed E-state index contributed by atoms with van der Waals surface area (Å²) in [5, 5.41) is 10.2. The zero-order valence-corrected chi connectivity index (χ0v) is 11.7. The van der Waals surface area contributed by atoms with Gasteiger partial charge in [-0.1, -0.05) is 0 Å². The van der Waals surface area contributed by atoms with Crippen molar-refractivity contribution in [3.05, 3.63) is 32.6 Å². The van der Waals surface area contributed by atoms with Gasteiger partial charge in [0.2, 0.25) is 0 Å². The van der Waals surface area contributed by atoms with Gasteiger partial charge in [0.25, 0.3) is 5.56 Å². The number of aliphatic hydroxyl groups excluding tert-OH is 1. The first-order valence-electron chi connectivity index (χ1n) is 6.70. The Labute approximate surface area is 115 Å². The number of thioether (sulfide) groups is 1. The lowest BCUT2D eigenvalue weighted by Crippen LogP contribution is -2.33. The molecule has 3 atom stereocenters.